The molecule has 0 spiro atoms. The van der Waals surface area contributed by atoms with E-state index in [9.17, 15) is 9.59 Å². The van der Waals surface area contributed by atoms with E-state index in [1.54, 1.807) is 31.4 Å². The Hall–Kier alpha value is -3.39. The summed E-state index contributed by atoms with van der Waals surface area (Å²) in [5.74, 6) is 0.131. The minimum absolute atomic E-state index is 0.0843. The molecular formula is C18H13N3O4S. The molecule has 0 saturated heterocycles. The highest BCUT2D eigenvalue weighted by molar-refractivity contribution is 7.22. The van der Waals surface area contributed by atoms with E-state index in [-0.39, 0.29) is 5.56 Å². The molecule has 4 aromatic rings. The number of nitrogens with zero attached hydrogens (tertiary/aromatic N) is 1. The molecule has 0 radical (unpaired) electrons. The smallest absolute Gasteiger partial charge is 0.349 e. The van der Waals surface area contributed by atoms with Crippen molar-refractivity contribution in [2.24, 2.45) is 0 Å². The van der Waals surface area contributed by atoms with Crippen LogP contribution in [0.15, 0.2) is 57.7 Å². The molecule has 7 nitrogen and oxygen atoms in total. The molecule has 0 fully saturated rings. The van der Waals surface area contributed by atoms with Crippen LogP contribution >= 0.6 is 11.3 Å². The molecule has 2 aromatic carbocycles. The first-order chi connectivity index (χ1) is 12.6. The number of hydrogen-bond donors (Lipinski definition) is 2. The summed E-state index contributed by atoms with van der Waals surface area (Å²) in [6.45, 7) is 0. The summed E-state index contributed by atoms with van der Waals surface area (Å²) in [5, 5.41) is 1.16. The summed E-state index contributed by atoms with van der Waals surface area (Å²) < 4.78 is 11.3. The van der Waals surface area contributed by atoms with Gasteiger partial charge in [0.05, 0.1) is 17.3 Å². The Labute approximate surface area is 151 Å². The second-order valence-corrected chi connectivity index (χ2v) is 6.45. The van der Waals surface area contributed by atoms with E-state index in [2.05, 4.69) is 15.8 Å². The maximum atomic E-state index is 12.3. The molecule has 2 N–H and O–H groups in total. The average Bonchev–Trinajstić information content (AvgIpc) is 3.07. The lowest BCUT2D eigenvalue weighted by atomic mass is 10.2. The Morgan fingerprint density at radius 2 is 2.04 bits per heavy atom. The minimum Gasteiger partial charge on any atom is -0.497 e. The SMILES string of the molecule is COc1ccc2nc(NNC(=O)c3cc4ccccc4oc3=O)sc2c1. The number of methoxy groups -OCH3 is 1. The Balaban J connectivity index is 1.55. The normalized spacial score (nSPS) is 10.8. The van der Waals surface area contributed by atoms with Crippen molar-refractivity contribution < 1.29 is 13.9 Å². The predicted octanol–water partition coefficient (Wildman–Crippen LogP) is 3.17. The lowest BCUT2D eigenvalue weighted by Crippen LogP contribution is -2.32. The summed E-state index contributed by atoms with van der Waals surface area (Å²) in [5.41, 5.74) is 5.64. The van der Waals surface area contributed by atoms with E-state index in [0.29, 0.717) is 16.1 Å². The summed E-state index contributed by atoms with van der Waals surface area (Å²) >= 11 is 1.35. The number of hydrazine groups is 1. The largest absolute Gasteiger partial charge is 0.497 e. The van der Waals surface area contributed by atoms with E-state index in [4.69, 9.17) is 9.15 Å². The number of hydrogen-bond acceptors (Lipinski definition) is 7. The molecule has 2 heterocycles. The number of thiazole rings is 1. The second-order valence-electron chi connectivity index (χ2n) is 5.42. The molecule has 8 heteroatoms. The first-order valence-electron chi connectivity index (χ1n) is 7.68. The van der Waals surface area contributed by atoms with Crippen molar-refractivity contribution in [3.63, 3.8) is 0 Å². The molecule has 0 unspecified atom stereocenters. The van der Waals surface area contributed by atoms with E-state index in [1.807, 2.05) is 18.2 Å². The van der Waals surface area contributed by atoms with Crippen LogP contribution in [0.5, 0.6) is 5.75 Å². The van der Waals surface area contributed by atoms with Gasteiger partial charge in [0.2, 0.25) is 5.13 Å². The number of benzene rings is 2. The van der Waals surface area contributed by atoms with Crippen molar-refractivity contribution in [3.8, 4) is 5.75 Å². The van der Waals surface area contributed by atoms with Crippen molar-refractivity contribution in [3.05, 3.63) is 64.5 Å². The number of amides is 1. The van der Waals surface area contributed by atoms with Crippen LogP contribution in [0.3, 0.4) is 0 Å². The summed E-state index contributed by atoms with van der Waals surface area (Å²) in [7, 11) is 1.59. The zero-order valence-corrected chi connectivity index (χ0v) is 14.4. The van der Waals surface area contributed by atoms with Crippen LogP contribution in [-0.2, 0) is 0 Å². The van der Waals surface area contributed by atoms with Gasteiger partial charge in [0.25, 0.3) is 5.91 Å². The molecule has 4 rings (SSSR count). The quantitative estimate of drug-likeness (QED) is 0.425. The van der Waals surface area contributed by atoms with Crippen LogP contribution in [0.1, 0.15) is 10.4 Å². The number of carbonyl (C=O) groups excluding carboxylic acids is 1. The predicted molar refractivity (Wildman–Crippen MR) is 99.7 cm³/mol. The van der Waals surface area contributed by atoms with Gasteiger partial charge in [-0.2, -0.15) is 0 Å². The van der Waals surface area contributed by atoms with Gasteiger partial charge in [-0.1, -0.05) is 29.5 Å². The molecule has 0 bridgehead atoms. The monoisotopic (exact) mass is 367 g/mol. The average molecular weight is 367 g/mol. The third-order valence-corrected chi connectivity index (χ3v) is 4.70. The molecule has 0 saturated carbocycles. The molecule has 1 amide bonds. The lowest BCUT2D eigenvalue weighted by Gasteiger charge is -2.05. The summed E-state index contributed by atoms with van der Waals surface area (Å²) in [6.07, 6.45) is 0. The van der Waals surface area contributed by atoms with Gasteiger partial charge in [-0.05, 0) is 30.3 Å². The summed E-state index contributed by atoms with van der Waals surface area (Å²) in [4.78, 5) is 28.7. The molecule has 0 aliphatic heterocycles. The van der Waals surface area contributed by atoms with Crippen LogP contribution in [-0.4, -0.2) is 18.0 Å². The van der Waals surface area contributed by atoms with E-state index >= 15 is 0 Å². The van der Waals surface area contributed by atoms with Gasteiger partial charge >= 0.3 is 5.63 Å². The van der Waals surface area contributed by atoms with Crippen molar-refractivity contribution in [2.75, 3.05) is 12.5 Å². The van der Waals surface area contributed by atoms with E-state index in [0.717, 1.165) is 16.0 Å². The van der Waals surface area contributed by atoms with Gasteiger partial charge in [-0.3, -0.25) is 15.6 Å². The van der Waals surface area contributed by atoms with Crippen LogP contribution < -0.4 is 21.2 Å². The number of fused-ring (bicyclic) bond motifs is 2. The maximum Gasteiger partial charge on any atom is 0.349 e. The van der Waals surface area contributed by atoms with Crippen LogP contribution in [0.25, 0.3) is 21.2 Å². The Morgan fingerprint density at radius 3 is 2.88 bits per heavy atom. The summed E-state index contributed by atoms with van der Waals surface area (Å²) in [6, 6.07) is 14.0. The number of anilines is 1. The Morgan fingerprint density at radius 1 is 1.19 bits per heavy atom. The first-order valence-corrected chi connectivity index (χ1v) is 8.49. The van der Waals surface area contributed by atoms with Gasteiger partial charge in [-0.15, -0.1) is 0 Å². The van der Waals surface area contributed by atoms with Crippen LogP contribution in [0.4, 0.5) is 5.13 Å². The number of aromatic nitrogens is 1. The highest BCUT2D eigenvalue weighted by atomic mass is 32.1. The van der Waals surface area contributed by atoms with Crippen LogP contribution in [0, 0.1) is 0 Å². The highest BCUT2D eigenvalue weighted by Gasteiger charge is 2.14. The van der Waals surface area contributed by atoms with Crippen molar-refractivity contribution in [1.82, 2.24) is 10.4 Å². The van der Waals surface area contributed by atoms with Gasteiger partial charge in [0, 0.05) is 5.39 Å². The fraction of sp³-hybridized carbons (Fsp3) is 0.0556. The van der Waals surface area contributed by atoms with E-state index in [1.165, 1.54) is 17.4 Å². The number of nitrogens with one attached hydrogen (secondary N) is 2. The molecule has 130 valence electrons. The maximum absolute atomic E-state index is 12.3. The highest BCUT2D eigenvalue weighted by Crippen LogP contribution is 2.28. The zero-order valence-electron chi connectivity index (χ0n) is 13.6. The van der Waals surface area contributed by atoms with Gasteiger partial charge < -0.3 is 9.15 Å². The fourth-order valence-corrected chi connectivity index (χ4v) is 3.33. The minimum atomic E-state index is -0.697. The lowest BCUT2D eigenvalue weighted by molar-refractivity contribution is 0.0959. The molecule has 2 aromatic heterocycles. The van der Waals surface area contributed by atoms with Crippen molar-refractivity contribution in [1.29, 1.82) is 0 Å². The van der Waals surface area contributed by atoms with Crippen molar-refractivity contribution in [2.45, 2.75) is 0 Å². The van der Waals surface area contributed by atoms with Crippen molar-refractivity contribution >= 4 is 43.6 Å². The molecule has 0 aliphatic rings. The Kier molecular flexibility index (Phi) is 4.02. The third kappa shape index (κ3) is 2.98. The number of para-hydroxylation sites is 1. The molecular weight excluding hydrogens is 354 g/mol. The first kappa shape index (κ1) is 16.1. The van der Waals surface area contributed by atoms with E-state index < -0.39 is 11.5 Å². The molecule has 0 aliphatic carbocycles. The number of carbonyl (C=O) groups is 1. The fourth-order valence-electron chi connectivity index (χ4n) is 2.48. The van der Waals surface area contributed by atoms with Gasteiger partial charge in [0.1, 0.15) is 16.9 Å². The zero-order chi connectivity index (χ0) is 18.1. The third-order valence-electron chi connectivity index (χ3n) is 3.76. The number of rotatable bonds is 4. The van der Waals surface area contributed by atoms with Gasteiger partial charge in [-0.25, -0.2) is 9.78 Å². The van der Waals surface area contributed by atoms with Crippen LogP contribution in [0.2, 0.25) is 0 Å². The molecule has 0 atom stereocenters. The van der Waals surface area contributed by atoms with Gasteiger partial charge in [0.15, 0.2) is 0 Å². The standard InChI is InChI=1S/C18H13N3O4S/c1-24-11-6-7-13-15(9-11)26-18(19-13)21-20-16(22)12-8-10-4-2-3-5-14(10)25-17(12)23/h2-9H,1H3,(H,19,21)(H,20,22). The topological polar surface area (TPSA) is 93.5 Å². The Bertz CT molecular complexity index is 1180. The second kappa shape index (κ2) is 6.49. The number of ether oxygens (including phenoxy) is 1. The molecule has 26 heavy (non-hydrogen) atoms.